The summed E-state index contributed by atoms with van der Waals surface area (Å²) in [6.45, 7) is 0. The monoisotopic (exact) mass is 460 g/mol. The van der Waals surface area contributed by atoms with E-state index in [0.29, 0.717) is 21.6 Å². The van der Waals surface area contributed by atoms with Crippen molar-refractivity contribution in [2.24, 2.45) is 0 Å². The molecule has 23 heavy (non-hydrogen) atoms. The molecule has 3 aromatic rings. The SMILES string of the molecule is COc1c(Nc2cn[nH]n2)cccc1-c1c(Cl)cc(Cl)cc1I. The average molecular weight is 461 g/mol. The van der Waals surface area contributed by atoms with Crippen LogP contribution in [0.5, 0.6) is 5.75 Å². The van der Waals surface area contributed by atoms with Gasteiger partial charge in [0.1, 0.15) is 5.75 Å². The van der Waals surface area contributed by atoms with E-state index in [1.165, 1.54) is 0 Å². The minimum absolute atomic E-state index is 0.568. The Morgan fingerprint density at radius 1 is 1.26 bits per heavy atom. The quantitative estimate of drug-likeness (QED) is 0.529. The van der Waals surface area contributed by atoms with Crippen LogP contribution in [0.15, 0.2) is 36.5 Å². The third kappa shape index (κ3) is 3.39. The Morgan fingerprint density at radius 3 is 2.74 bits per heavy atom. The first-order valence-corrected chi connectivity index (χ1v) is 8.38. The van der Waals surface area contributed by atoms with Gasteiger partial charge in [0.25, 0.3) is 0 Å². The van der Waals surface area contributed by atoms with Crippen LogP contribution < -0.4 is 10.1 Å². The van der Waals surface area contributed by atoms with Crippen molar-refractivity contribution < 1.29 is 4.74 Å². The van der Waals surface area contributed by atoms with E-state index < -0.39 is 0 Å². The number of hydrogen-bond acceptors (Lipinski definition) is 4. The smallest absolute Gasteiger partial charge is 0.172 e. The van der Waals surface area contributed by atoms with Gasteiger partial charge in [0.05, 0.1) is 24.0 Å². The van der Waals surface area contributed by atoms with Crippen LogP contribution in [-0.4, -0.2) is 22.5 Å². The molecule has 0 bridgehead atoms. The summed E-state index contributed by atoms with van der Waals surface area (Å²) in [4.78, 5) is 0. The lowest BCUT2D eigenvalue weighted by Crippen LogP contribution is -1.98. The first-order chi connectivity index (χ1) is 11.1. The molecular weight excluding hydrogens is 450 g/mol. The Kier molecular flexibility index (Phi) is 4.93. The summed E-state index contributed by atoms with van der Waals surface area (Å²) in [5, 5.41) is 14.6. The van der Waals surface area contributed by atoms with Crippen LogP contribution in [0.4, 0.5) is 11.5 Å². The lowest BCUT2D eigenvalue weighted by molar-refractivity contribution is 0.418. The molecule has 0 aliphatic rings. The predicted octanol–water partition coefficient (Wildman–Crippen LogP) is 5.14. The fraction of sp³-hybridized carbons (Fsp3) is 0.0667. The summed E-state index contributed by atoms with van der Waals surface area (Å²) in [5.41, 5.74) is 2.50. The minimum Gasteiger partial charge on any atom is -0.494 e. The molecule has 0 aliphatic heterocycles. The van der Waals surface area contributed by atoms with Crippen LogP contribution >= 0.6 is 45.8 Å². The molecular formula is C15H11Cl2IN4O. The first kappa shape index (κ1) is 16.4. The van der Waals surface area contributed by atoms with Crippen molar-refractivity contribution in [2.45, 2.75) is 0 Å². The number of anilines is 2. The van der Waals surface area contributed by atoms with E-state index in [4.69, 9.17) is 27.9 Å². The highest BCUT2D eigenvalue weighted by atomic mass is 127. The molecule has 8 heteroatoms. The predicted molar refractivity (Wildman–Crippen MR) is 101 cm³/mol. The lowest BCUT2D eigenvalue weighted by atomic mass is 10.0. The molecule has 0 unspecified atom stereocenters. The van der Waals surface area contributed by atoms with Crippen LogP contribution in [0.1, 0.15) is 0 Å². The number of nitrogens with one attached hydrogen (secondary N) is 2. The summed E-state index contributed by atoms with van der Waals surface area (Å²) >= 11 is 14.7. The Hall–Kier alpha value is -1.51. The van der Waals surface area contributed by atoms with Gasteiger partial charge in [-0.15, -0.1) is 5.10 Å². The average Bonchev–Trinajstić information content (AvgIpc) is 2.99. The highest BCUT2D eigenvalue weighted by Crippen LogP contribution is 2.43. The van der Waals surface area contributed by atoms with E-state index in [9.17, 15) is 0 Å². The van der Waals surface area contributed by atoms with E-state index in [0.717, 1.165) is 20.4 Å². The second-order valence-corrected chi connectivity index (χ2v) is 6.62. The topological polar surface area (TPSA) is 62.8 Å². The maximum atomic E-state index is 6.40. The van der Waals surface area contributed by atoms with Crippen molar-refractivity contribution >= 4 is 57.3 Å². The Bertz CT molecular complexity index is 816. The number of hydrogen-bond donors (Lipinski definition) is 2. The zero-order valence-corrected chi connectivity index (χ0v) is 15.6. The minimum atomic E-state index is 0.568. The van der Waals surface area contributed by atoms with Crippen molar-refractivity contribution in [1.82, 2.24) is 15.4 Å². The van der Waals surface area contributed by atoms with Gasteiger partial charge in [0.2, 0.25) is 0 Å². The molecule has 0 spiro atoms. The third-order valence-corrected chi connectivity index (χ3v) is 4.54. The molecule has 0 saturated carbocycles. The molecule has 1 aromatic heterocycles. The number of rotatable bonds is 4. The summed E-state index contributed by atoms with van der Waals surface area (Å²) in [6.07, 6.45) is 1.59. The van der Waals surface area contributed by atoms with E-state index >= 15 is 0 Å². The molecule has 1 heterocycles. The number of benzene rings is 2. The summed E-state index contributed by atoms with van der Waals surface area (Å²) in [7, 11) is 1.61. The van der Waals surface area contributed by atoms with E-state index in [1.807, 2.05) is 24.3 Å². The highest BCUT2D eigenvalue weighted by Gasteiger charge is 2.17. The number of aromatic amines is 1. The summed E-state index contributed by atoms with van der Waals surface area (Å²) in [5.74, 6) is 1.26. The number of H-pyrrole nitrogens is 1. The second-order valence-electron chi connectivity index (χ2n) is 4.61. The number of para-hydroxylation sites is 1. The van der Waals surface area contributed by atoms with Gasteiger partial charge in [-0.1, -0.05) is 35.3 Å². The largest absolute Gasteiger partial charge is 0.494 e. The van der Waals surface area contributed by atoms with Crippen molar-refractivity contribution in [3.05, 3.63) is 50.1 Å². The Morgan fingerprint density at radius 2 is 2.09 bits per heavy atom. The maximum absolute atomic E-state index is 6.40. The van der Waals surface area contributed by atoms with Gasteiger partial charge in [0, 0.05) is 19.7 Å². The van der Waals surface area contributed by atoms with E-state index in [-0.39, 0.29) is 0 Å². The molecule has 0 radical (unpaired) electrons. The van der Waals surface area contributed by atoms with Crippen LogP contribution in [0, 0.1) is 3.57 Å². The van der Waals surface area contributed by atoms with Gasteiger partial charge in [-0.05, 0) is 40.8 Å². The molecule has 2 aromatic carbocycles. The maximum Gasteiger partial charge on any atom is 0.172 e. The van der Waals surface area contributed by atoms with Crippen LogP contribution in [0.25, 0.3) is 11.1 Å². The standard InChI is InChI=1S/C15H11Cl2IN4O/c1-23-15-9(14-10(17)5-8(16)6-11(14)18)3-2-4-12(15)20-13-7-19-22-21-13/h2-7H,1H3,(H2,19,20,21,22). The van der Waals surface area contributed by atoms with Crippen molar-refractivity contribution in [1.29, 1.82) is 0 Å². The van der Waals surface area contributed by atoms with Crippen molar-refractivity contribution in [2.75, 3.05) is 12.4 Å². The van der Waals surface area contributed by atoms with Crippen molar-refractivity contribution in [3.8, 4) is 16.9 Å². The van der Waals surface area contributed by atoms with E-state index in [2.05, 4.69) is 43.3 Å². The van der Waals surface area contributed by atoms with Crippen LogP contribution in [0.2, 0.25) is 10.0 Å². The Labute approximate surface area is 156 Å². The molecule has 3 rings (SSSR count). The van der Waals surface area contributed by atoms with E-state index in [1.54, 1.807) is 19.4 Å². The van der Waals surface area contributed by atoms with Crippen LogP contribution in [0.3, 0.4) is 0 Å². The fourth-order valence-corrected chi connectivity index (χ4v) is 4.11. The molecule has 0 fully saturated rings. The molecule has 2 N–H and O–H groups in total. The first-order valence-electron chi connectivity index (χ1n) is 6.55. The summed E-state index contributed by atoms with van der Waals surface area (Å²) in [6, 6.07) is 9.34. The second kappa shape index (κ2) is 6.94. The van der Waals surface area contributed by atoms with Crippen LogP contribution in [-0.2, 0) is 0 Å². The van der Waals surface area contributed by atoms with Gasteiger partial charge in [0.15, 0.2) is 5.82 Å². The lowest BCUT2D eigenvalue weighted by Gasteiger charge is -2.16. The molecule has 118 valence electrons. The molecule has 0 amide bonds. The highest BCUT2D eigenvalue weighted by molar-refractivity contribution is 14.1. The van der Waals surface area contributed by atoms with Gasteiger partial charge >= 0.3 is 0 Å². The normalized spacial score (nSPS) is 10.6. The fourth-order valence-electron chi connectivity index (χ4n) is 2.25. The number of aromatic nitrogens is 3. The summed E-state index contributed by atoms with van der Waals surface area (Å²) < 4.78 is 6.55. The molecule has 0 saturated heterocycles. The van der Waals surface area contributed by atoms with Crippen molar-refractivity contribution in [3.63, 3.8) is 0 Å². The van der Waals surface area contributed by atoms with Gasteiger partial charge in [-0.3, -0.25) is 0 Å². The third-order valence-electron chi connectivity index (χ3n) is 3.17. The van der Waals surface area contributed by atoms with Gasteiger partial charge < -0.3 is 10.1 Å². The number of halogens is 3. The molecule has 5 nitrogen and oxygen atoms in total. The zero-order chi connectivity index (χ0) is 16.4. The molecule has 0 atom stereocenters. The van der Waals surface area contributed by atoms with Gasteiger partial charge in [-0.2, -0.15) is 10.3 Å². The molecule has 0 aliphatic carbocycles. The zero-order valence-electron chi connectivity index (χ0n) is 11.9. The number of methoxy groups -OCH3 is 1. The number of nitrogens with zero attached hydrogens (tertiary/aromatic N) is 2. The number of ether oxygens (including phenoxy) is 1. The Balaban J connectivity index is 2.14. The van der Waals surface area contributed by atoms with Gasteiger partial charge in [-0.25, -0.2) is 0 Å².